The number of ether oxygens (including phenoxy) is 2. The Balaban J connectivity index is 1.68. The molecule has 1 heterocycles. The van der Waals surface area contributed by atoms with Crippen molar-refractivity contribution in [1.29, 1.82) is 0 Å². The number of nitro benzene ring substituents is 1. The van der Waals surface area contributed by atoms with E-state index in [1.165, 1.54) is 24.4 Å². The van der Waals surface area contributed by atoms with E-state index in [-0.39, 0.29) is 40.2 Å². The van der Waals surface area contributed by atoms with Crippen LogP contribution in [0.1, 0.15) is 59.3 Å². The monoisotopic (exact) mass is 654 g/mol. The molecule has 0 saturated heterocycles. The lowest BCUT2D eigenvalue weighted by molar-refractivity contribution is -0.385. The molecular weight excluding hydrogens is 624 g/mol. The van der Waals surface area contributed by atoms with Crippen LogP contribution in [0.3, 0.4) is 0 Å². The molecule has 12 heteroatoms. The number of hydrogen-bond acceptors (Lipinski definition) is 8. The van der Waals surface area contributed by atoms with Crippen LogP contribution in [0.4, 0.5) is 5.69 Å². The summed E-state index contributed by atoms with van der Waals surface area (Å²) in [4.78, 5) is 41.6. The summed E-state index contributed by atoms with van der Waals surface area (Å²) in [5, 5.41) is 26.3. The topological polar surface area (TPSA) is 146 Å². The average molecular weight is 655 g/mol. The Hall–Kier alpha value is -5.55. The zero-order chi connectivity index (χ0) is 33.8. The number of carbonyl (C=O) groups is 1. The highest BCUT2D eigenvalue weighted by molar-refractivity contribution is 6.31. The molecule has 4 aromatic carbocycles. The van der Waals surface area contributed by atoms with Gasteiger partial charge in [-0.25, -0.2) is 9.78 Å². The zero-order valence-corrected chi connectivity index (χ0v) is 26.8. The molecule has 0 amide bonds. The van der Waals surface area contributed by atoms with Gasteiger partial charge >= 0.3 is 11.7 Å². The summed E-state index contributed by atoms with van der Waals surface area (Å²) in [6, 6.07) is 19.4. The number of halogens is 1. The SMILES string of the molecule is CCOc1cc(C)c(-c2nc3ccccc3c(=O)n2N=Cc2cc(Cl)cc([N+](=O)[O-])c2OCc2cccc(C(=O)O)c2)cc1C(C)C. The molecule has 0 radical (unpaired) electrons. The second-order valence-corrected chi connectivity index (χ2v) is 11.4. The Morgan fingerprint density at radius 2 is 1.87 bits per heavy atom. The third-order valence-corrected chi connectivity index (χ3v) is 7.62. The number of aryl methyl sites for hydroxylation is 1. The average Bonchev–Trinajstić information content (AvgIpc) is 3.03. The van der Waals surface area contributed by atoms with E-state index in [9.17, 15) is 24.8 Å². The number of carboxylic acid groups (broad SMARTS) is 1. The maximum absolute atomic E-state index is 13.9. The lowest BCUT2D eigenvalue weighted by atomic mass is 9.96. The van der Waals surface area contributed by atoms with E-state index in [2.05, 4.69) is 5.10 Å². The van der Waals surface area contributed by atoms with Crippen molar-refractivity contribution in [3.8, 4) is 22.9 Å². The summed E-state index contributed by atoms with van der Waals surface area (Å²) in [5.41, 5.74) is 2.62. The Bertz CT molecular complexity index is 2110. The molecule has 1 N–H and O–H groups in total. The van der Waals surface area contributed by atoms with E-state index in [1.54, 1.807) is 36.4 Å². The molecule has 11 nitrogen and oxygen atoms in total. The van der Waals surface area contributed by atoms with E-state index in [4.69, 9.17) is 26.1 Å². The van der Waals surface area contributed by atoms with Gasteiger partial charge in [0, 0.05) is 22.2 Å². The van der Waals surface area contributed by atoms with Gasteiger partial charge in [0.25, 0.3) is 5.56 Å². The molecule has 0 unspecified atom stereocenters. The lowest BCUT2D eigenvalue weighted by Crippen LogP contribution is -2.21. The number of hydrogen-bond donors (Lipinski definition) is 1. The van der Waals surface area contributed by atoms with Crippen LogP contribution in [0.15, 0.2) is 82.7 Å². The van der Waals surface area contributed by atoms with Gasteiger partial charge in [0.05, 0.1) is 34.2 Å². The van der Waals surface area contributed by atoms with Gasteiger partial charge in [-0.05, 0) is 78.9 Å². The summed E-state index contributed by atoms with van der Waals surface area (Å²) < 4.78 is 13.0. The molecule has 0 aliphatic heterocycles. The number of rotatable bonds is 11. The van der Waals surface area contributed by atoms with Gasteiger partial charge in [-0.2, -0.15) is 9.78 Å². The molecule has 240 valence electrons. The lowest BCUT2D eigenvalue weighted by Gasteiger charge is -2.18. The largest absolute Gasteiger partial charge is 0.494 e. The van der Waals surface area contributed by atoms with Crippen LogP contribution in [0.25, 0.3) is 22.3 Å². The van der Waals surface area contributed by atoms with Crippen LogP contribution in [-0.4, -0.2) is 38.5 Å². The Morgan fingerprint density at radius 1 is 1.11 bits per heavy atom. The first-order chi connectivity index (χ1) is 22.5. The molecule has 0 spiro atoms. The van der Waals surface area contributed by atoms with Crippen molar-refractivity contribution < 1.29 is 24.3 Å². The molecule has 0 aliphatic carbocycles. The van der Waals surface area contributed by atoms with E-state index in [0.717, 1.165) is 27.6 Å². The van der Waals surface area contributed by atoms with Crippen molar-refractivity contribution in [2.45, 2.75) is 40.2 Å². The van der Waals surface area contributed by atoms with Gasteiger partial charge in [-0.3, -0.25) is 14.9 Å². The first kappa shape index (κ1) is 32.8. The predicted molar refractivity (Wildman–Crippen MR) is 180 cm³/mol. The Labute approximate surface area is 274 Å². The molecule has 5 aromatic rings. The van der Waals surface area contributed by atoms with Crippen molar-refractivity contribution in [2.24, 2.45) is 5.10 Å². The van der Waals surface area contributed by atoms with E-state index in [1.807, 2.05) is 39.8 Å². The Morgan fingerprint density at radius 3 is 2.57 bits per heavy atom. The third kappa shape index (κ3) is 7.00. The van der Waals surface area contributed by atoms with E-state index >= 15 is 0 Å². The molecule has 5 rings (SSSR count). The standard InChI is InChI=1S/C35H31ClN4O7/c1-5-46-31-13-21(4)28(17-27(31)20(2)3)33-38-29-12-7-6-11-26(29)34(41)39(33)37-18-24-15-25(36)16-30(40(44)45)32(24)47-19-22-9-8-10-23(14-22)35(42)43/h6-18,20H,5,19H2,1-4H3,(H,42,43). The minimum absolute atomic E-state index is 0.0411. The highest BCUT2D eigenvalue weighted by Gasteiger charge is 2.22. The first-order valence-electron chi connectivity index (χ1n) is 14.7. The predicted octanol–water partition coefficient (Wildman–Crippen LogP) is 7.62. The molecule has 0 fully saturated rings. The minimum atomic E-state index is -1.12. The number of aromatic carboxylic acids is 1. The fourth-order valence-corrected chi connectivity index (χ4v) is 5.36. The van der Waals surface area contributed by atoms with Crippen molar-refractivity contribution in [3.05, 3.63) is 126 Å². The van der Waals surface area contributed by atoms with Crippen molar-refractivity contribution in [1.82, 2.24) is 9.66 Å². The smallest absolute Gasteiger partial charge is 0.335 e. The summed E-state index contributed by atoms with van der Waals surface area (Å²) in [6.45, 7) is 8.20. The summed E-state index contributed by atoms with van der Waals surface area (Å²) in [5.74, 6) is -0.180. The van der Waals surface area contributed by atoms with Crippen molar-refractivity contribution >= 4 is 40.4 Å². The fourth-order valence-electron chi connectivity index (χ4n) is 5.13. The van der Waals surface area contributed by atoms with Crippen LogP contribution < -0.4 is 15.0 Å². The third-order valence-electron chi connectivity index (χ3n) is 7.40. The van der Waals surface area contributed by atoms with Gasteiger partial charge in [0.1, 0.15) is 12.4 Å². The number of carboxylic acids is 1. The van der Waals surface area contributed by atoms with Crippen LogP contribution in [0.2, 0.25) is 5.02 Å². The molecule has 0 saturated carbocycles. The summed E-state index contributed by atoms with van der Waals surface area (Å²) >= 11 is 6.29. The van der Waals surface area contributed by atoms with Crippen molar-refractivity contribution in [2.75, 3.05) is 6.61 Å². The molecule has 0 bridgehead atoms. The van der Waals surface area contributed by atoms with Gasteiger partial charge in [0.15, 0.2) is 5.82 Å². The highest BCUT2D eigenvalue weighted by atomic mass is 35.5. The first-order valence-corrected chi connectivity index (χ1v) is 15.1. The second-order valence-electron chi connectivity index (χ2n) is 11.0. The highest BCUT2D eigenvalue weighted by Crippen LogP contribution is 2.36. The summed E-state index contributed by atoms with van der Waals surface area (Å²) in [6.07, 6.45) is 1.26. The maximum atomic E-state index is 13.9. The number of fused-ring (bicyclic) bond motifs is 1. The second kappa shape index (κ2) is 13.8. The Kier molecular flexibility index (Phi) is 9.67. The number of benzene rings is 4. The molecule has 0 aliphatic rings. The molecule has 1 aromatic heterocycles. The van der Waals surface area contributed by atoms with E-state index < -0.39 is 22.1 Å². The van der Waals surface area contributed by atoms with Crippen LogP contribution in [-0.2, 0) is 6.61 Å². The number of para-hydroxylation sites is 1. The molecular formula is C35H31ClN4O7. The zero-order valence-electron chi connectivity index (χ0n) is 26.1. The van der Waals surface area contributed by atoms with Crippen LogP contribution in [0, 0.1) is 17.0 Å². The molecule has 47 heavy (non-hydrogen) atoms. The number of nitrogens with zero attached hydrogens (tertiary/aromatic N) is 4. The van der Waals surface area contributed by atoms with Gasteiger partial charge in [-0.1, -0.05) is 49.7 Å². The number of nitro groups is 1. The van der Waals surface area contributed by atoms with Gasteiger partial charge in [0.2, 0.25) is 5.75 Å². The quantitative estimate of drug-likeness (QED) is 0.0869. The van der Waals surface area contributed by atoms with Crippen molar-refractivity contribution in [3.63, 3.8) is 0 Å². The summed E-state index contributed by atoms with van der Waals surface area (Å²) in [7, 11) is 0. The molecule has 0 atom stereocenters. The minimum Gasteiger partial charge on any atom is -0.494 e. The number of aromatic nitrogens is 2. The van der Waals surface area contributed by atoms with Crippen LogP contribution >= 0.6 is 11.6 Å². The fraction of sp³-hybridized carbons (Fsp3) is 0.200. The normalized spacial score (nSPS) is 11.4. The van der Waals surface area contributed by atoms with Gasteiger partial charge < -0.3 is 14.6 Å². The maximum Gasteiger partial charge on any atom is 0.335 e. The van der Waals surface area contributed by atoms with Gasteiger partial charge in [-0.15, -0.1) is 0 Å². The van der Waals surface area contributed by atoms with E-state index in [0.29, 0.717) is 28.6 Å². The van der Waals surface area contributed by atoms with Crippen LogP contribution in [0.5, 0.6) is 11.5 Å².